The normalized spacial score (nSPS) is 12.1. The lowest BCUT2D eigenvalue weighted by molar-refractivity contribution is 0.963. The zero-order valence-electron chi connectivity index (χ0n) is 32.3. The van der Waals surface area contributed by atoms with Gasteiger partial charge in [-0.15, -0.1) is 0 Å². The first-order chi connectivity index (χ1) is 28.8. The third kappa shape index (κ3) is 5.08. The third-order valence-corrected chi connectivity index (χ3v) is 13.0. The van der Waals surface area contributed by atoms with Crippen LogP contribution in [0.1, 0.15) is 22.3 Å². The Morgan fingerprint density at radius 2 is 0.724 bits per heavy atom. The minimum atomic E-state index is 1.00. The largest absolute Gasteiger partial charge is 0.0622 e. The van der Waals surface area contributed by atoms with Crippen molar-refractivity contribution in [3.8, 4) is 22.3 Å². The van der Waals surface area contributed by atoms with Crippen molar-refractivity contribution >= 4 is 75.4 Å². The molecule has 0 nitrogen and oxygen atoms in total. The average Bonchev–Trinajstić information content (AvgIpc) is 3.79. The molecule has 0 aromatic heterocycles. The first-order valence-corrected chi connectivity index (χ1v) is 20.8. The van der Waals surface area contributed by atoms with E-state index in [0.29, 0.717) is 0 Å². The van der Waals surface area contributed by atoms with Crippen LogP contribution < -0.4 is 0 Å². The molecule has 12 rings (SSSR count). The van der Waals surface area contributed by atoms with E-state index in [9.17, 15) is 0 Å². The van der Waals surface area contributed by atoms with E-state index >= 15 is 0 Å². The molecule has 0 bridgehead atoms. The lowest BCUT2D eigenvalue weighted by Gasteiger charge is -2.19. The summed E-state index contributed by atoms with van der Waals surface area (Å²) in [6.07, 6.45) is 4.08. The molecule has 0 saturated heterocycles. The van der Waals surface area contributed by atoms with Gasteiger partial charge in [0.25, 0.3) is 0 Å². The molecular formula is C58H40. The van der Waals surface area contributed by atoms with Crippen LogP contribution in [0.4, 0.5) is 0 Å². The number of hydrogen-bond acceptors (Lipinski definition) is 0. The Bertz CT molecular complexity index is 3450. The monoisotopic (exact) mass is 736 g/mol. The second kappa shape index (κ2) is 13.3. The second-order valence-electron chi connectivity index (χ2n) is 16.2. The predicted octanol–water partition coefficient (Wildman–Crippen LogP) is 15.5. The fourth-order valence-corrected chi connectivity index (χ4v) is 10.4. The van der Waals surface area contributed by atoms with Crippen molar-refractivity contribution in [1.29, 1.82) is 0 Å². The van der Waals surface area contributed by atoms with E-state index in [1.165, 1.54) is 120 Å². The average molecular weight is 737 g/mol. The van der Waals surface area contributed by atoms with Crippen molar-refractivity contribution in [1.82, 2.24) is 0 Å². The van der Waals surface area contributed by atoms with Gasteiger partial charge in [0, 0.05) is 0 Å². The zero-order chi connectivity index (χ0) is 38.2. The Labute approximate surface area is 338 Å². The molecule has 12 aromatic carbocycles. The van der Waals surface area contributed by atoms with Crippen LogP contribution in [0.15, 0.2) is 194 Å². The van der Waals surface area contributed by atoms with Crippen LogP contribution in [-0.2, 0) is 25.7 Å². The van der Waals surface area contributed by atoms with Crippen LogP contribution >= 0.6 is 0 Å². The van der Waals surface area contributed by atoms with E-state index in [1.807, 2.05) is 0 Å². The van der Waals surface area contributed by atoms with Gasteiger partial charge in [-0.05, 0) is 152 Å². The summed E-state index contributed by atoms with van der Waals surface area (Å²) in [5, 5.41) is 18.9. The maximum atomic E-state index is 2.56. The first-order valence-electron chi connectivity index (χ1n) is 20.8. The van der Waals surface area contributed by atoms with E-state index in [-0.39, 0.29) is 0 Å². The Kier molecular flexibility index (Phi) is 7.60. The van der Waals surface area contributed by atoms with Crippen molar-refractivity contribution in [3.63, 3.8) is 0 Å². The second-order valence-corrected chi connectivity index (χ2v) is 16.2. The van der Waals surface area contributed by atoms with Gasteiger partial charge >= 0.3 is 0 Å². The Morgan fingerprint density at radius 3 is 1.41 bits per heavy atom. The van der Waals surface area contributed by atoms with Crippen LogP contribution in [0, 0.1) is 0 Å². The van der Waals surface area contributed by atoms with Crippen molar-refractivity contribution in [2.24, 2.45) is 0 Å². The highest BCUT2D eigenvalue weighted by Gasteiger charge is 2.26. The molecule has 0 fully saturated rings. The maximum Gasteiger partial charge on any atom is -0.000719 e. The summed E-state index contributed by atoms with van der Waals surface area (Å²) in [4.78, 5) is 0. The van der Waals surface area contributed by atoms with Crippen LogP contribution in [0.25, 0.3) is 97.7 Å². The molecule has 0 aliphatic carbocycles. The molecule has 0 unspecified atom stereocenters. The molecule has 272 valence electrons. The minimum Gasteiger partial charge on any atom is -0.0622 e. The lowest BCUT2D eigenvalue weighted by atomic mass is 9.84. The predicted molar refractivity (Wildman–Crippen MR) is 250 cm³/mol. The van der Waals surface area contributed by atoms with Gasteiger partial charge in [-0.25, -0.2) is 0 Å². The fraction of sp³-hybridized carbons (Fsp3) is 0.0690. The van der Waals surface area contributed by atoms with E-state index in [0.717, 1.165) is 25.7 Å². The minimum absolute atomic E-state index is 1.00. The molecule has 0 atom stereocenters. The molecule has 0 saturated carbocycles. The quantitative estimate of drug-likeness (QED) is 0.136. The van der Waals surface area contributed by atoms with E-state index < -0.39 is 0 Å². The molecular weight excluding hydrogens is 697 g/mol. The number of hydrogen-bond donors (Lipinski definition) is 0. The Balaban J connectivity index is 1.20. The van der Waals surface area contributed by atoms with Gasteiger partial charge < -0.3 is 0 Å². The van der Waals surface area contributed by atoms with Crippen molar-refractivity contribution in [2.75, 3.05) is 0 Å². The standard InChI is InChI=1S/C58H40/c1-5-15-37(16-6-1)27-28-39-30-33-44-49(35-39)45-24-14-25-46-55(45)50(44)36-51-52(41-19-9-3-10-20-41)57-47-26-13-23-43-40(31-29-38-17-7-2-8-18-38)32-34-48(54(43)47)58(57)53(56(46)51)42-21-11-4-12-22-42/h1-26,30,32-36H,27-29,31H2. The fourth-order valence-electron chi connectivity index (χ4n) is 10.4. The Hall–Kier alpha value is -7.02. The van der Waals surface area contributed by atoms with Crippen LogP contribution in [0.3, 0.4) is 0 Å². The van der Waals surface area contributed by atoms with Crippen LogP contribution in [0.2, 0.25) is 0 Å². The van der Waals surface area contributed by atoms with Crippen molar-refractivity contribution in [2.45, 2.75) is 25.7 Å². The van der Waals surface area contributed by atoms with E-state index in [2.05, 4.69) is 194 Å². The lowest BCUT2D eigenvalue weighted by Crippen LogP contribution is -1.92. The van der Waals surface area contributed by atoms with Crippen molar-refractivity contribution in [3.05, 3.63) is 216 Å². The van der Waals surface area contributed by atoms with E-state index in [4.69, 9.17) is 0 Å². The summed E-state index contributed by atoms with van der Waals surface area (Å²) in [7, 11) is 0. The van der Waals surface area contributed by atoms with E-state index in [1.54, 1.807) is 0 Å². The number of fused-ring (bicyclic) bond motifs is 8. The highest BCUT2D eigenvalue weighted by Crippen LogP contribution is 2.54. The summed E-state index contributed by atoms with van der Waals surface area (Å²) in [5.41, 5.74) is 10.8. The summed E-state index contributed by atoms with van der Waals surface area (Å²) < 4.78 is 0. The molecule has 0 N–H and O–H groups in total. The van der Waals surface area contributed by atoms with Gasteiger partial charge in [-0.3, -0.25) is 0 Å². The number of benzene rings is 10. The van der Waals surface area contributed by atoms with Crippen LogP contribution in [-0.4, -0.2) is 0 Å². The molecule has 0 aliphatic rings. The number of aryl methyl sites for hydroxylation is 4. The molecule has 0 radical (unpaired) electrons. The Morgan fingerprint density at radius 1 is 0.224 bits per heavy atom. The van der Waals surface area contributed by atoms with Gasteiger partial charge in [0.05, 0.1) is 0 Å². The molecule has 0 heterocycles. The summed E-state index contributed by atoms with van der Waals surface area (Å²) >= 11 is 0. The molecule has 58 heavy (non-hydrogen) atoms. The summed E-state index contributed by atoms with van der Waals surface area (Å²) in [6, 6.07) is 72.9. The van der Waals surface area contributed by atoms with Gasteiger partial charge in [0.2, 0.25) is 0 Å². The summed E-state index contributed by atoms with van der Waals surface area (Å²) in [6.45, 7) is 0. The third-order valence-electron chi connectivity index (χ3n) is 13.0. The van der Waals surface area contributed by atoms with Gasteiger partial charge in [0.1, 0.15) is 0 Å². The molecule has 0 spiro atoms. The van der Waals surface area contributed by atoms with Crippen LogP contribution in [0.5, 0.6) is 0 Å². The maximum absolute atomic E-state index is 2.56. The molecule has 0 heteroatoms. The highest BCUT2D eigenvalue weighted by molar-refractivity contribution is 6.44. The smallest absolute Gasteiger partial charge is 0.000719 e. The van der Waals surface area contributed by atoms with Gasteiger partial charge in [0.15, 0.2) is 0 Å². The topological polar surface area (TPSA) is 0 Å². The SMILES string of the molecule is c1ccc(CCc2ccc3c(c2)c2cccc4c5c(-c6ccccc6)c6c7ccc(CCc8ccccc8)c8cccc(c6c(-c6ccccc6)c5cc3c24)c87)cc1. The highest BCUT2D eigenvalue weighted by atomic mass is 14.3. The zero-order valence-corrected chi connectivity index (χ0v) is 32.3. The summed E-state index contributed by atoms with van der Waals surface area (Å²) in [5.74, 6) is 0. The molecule has 0 amide bonds. The molecule has 12 aromatic rings. The number of rotatable bonds is 8. The van der Waals surface area contributed by atoms with Crippen molar-refractivity contribution < 1.29 is 0 Å². The van der Waals surface area contributed by atoms with Gasteiger partial charge in [-0.1, -0.05) is 188 Å². The molecule has 0 aliphatic heterocycles. The first kappa shape index (κ1) is 33.2. The van der Waals surface area contributed by atoms with Gasteiger partial charge in [-0.2, -0.15) is 0 Å².